The predicted octanol–water partition coefficient (Wildman–Crippen LogP) is 5.04. The summed E-state index contributed by atoms with van der Waals surface area (Å²) >= 11 is 7.19. The van der Waals surface area contributed by atoms with Crippen LogP contribution in [0, 0.1) is 0 Å². The number of ether oxygens (including phenoxy) is 1. The summed E-state index contributed by atoms with van der Waals surface area (Å²) in [7, 11) is -1.06. The smallest absolute Gasteiger partial charge is 0.189 e. The molecule has 156 valence electrons. The largest absolute Gasteiger partial charge is 0.383 e. The molecule has 1 fully saturated rings. The van der Waals surface area contributed by atoms with Crippen LogP contribution < -0.4 is 11.1 Å². The topological polar surface area (TPSA) is 80.5 Å². The fraction of sp³-hybridized carbons (Fsp3) is 0.381. The lowest BCUT2D eigenvalue weighted by molar-refractivity contribution is 0.347. The Balaban J connectivity index is 1.56. The van der Waals surface area contributed by atoms with Crippen LogP contribution in [0.5, 0.6) is 0 Å². The Morgan fingerprint density at radius 1 is 1.45 bits per heavy atom. The first-order valence-electron chi connectivity index (χ1n) is 9.41. The van der Waals surface area contributed by atoms with Crippen molar-refractivity contribution in [3.05, 3.63) is 52.9 Å². The van der Waals surface area contributed by atoms with Gasteiger partial charge in [0.25, 0.3) is 0 Å². The molecule has 2 unspecified atom stereocenters. The average Bonchev–Trinajstić information content (AvgIpc) is 3.31. The van der Waals surface area contributed by atoms with Crippen LogP contribution in [0.1, 0.15) is 25.1 Å². The lowest BCUT2D eigenvalue weighted by atomic mass is 10.1. The molecule has 2 atom stereocenters. The zero-order valence-corrected chi connectivity index (χ0v) is 19.0. The van der Waals surface area contributed by atoms with E-state index >= 15 is 0 Å². The molecule has 2 heterocycles. The summed E-state index contributed by atoms with van der Waals surface area (Å²) in [6.07, 6.45) is 7.72. The number of aryl methyl sites for hydroxylation is 1. The van der Waals surface area contributed by atoms with Gasteiger partial charge in [0.15, 0.2) is 5.13 Å². The molecule has 1 aliphatic rings. The van der Waals surface area contributed by atoms with Crippen LogP contribution in [0.15, 0.2) is 53.0 Å². The van der Waals surface area contributed by atoms with E-state index in [-0.39, 0.29) is 5.60 Å². The molecular formula is C21H26ClN3O2S2. The Kier molecular flexibility index (Phi) is 7.51. The van der Waals surface area contributed by atoms with Crippen LogP contribution in [-0.4, -0.2) is 33.0 Å². The van der Waals surface area contributed by atoms with Crippen LogP contribution in [-0.2, 0) is 22.0 Å². The average molecular weight is 452 g/mol. The van der Waals surface area contributed by atoms with E-state index in [4.69, 9.17) is 22.1 Å². The molecule has 1 saturated heterocycles. The monoisotopic (exact) mass is 451 g/mol. The normalized spacial score (nSPS) is 20.2. The highest BCUT2D eigenvalue weighted by Crippen LogP contribution is 2.31. The Bertz CT molecular complexity index is 919. The molecule has 3 N–H and O–H groups in total. The highest BCUT2D eigenvalue weighted by molar-refractivity contribution is 7.85. The number of nitrogens with two attached hydrogens (primary N) is 1. The van der Waals surface area contributed by atoms with Gasteiger partial charge in [-0.1, -0.05) is 35.1 Å². The standard InChI is InChI=1S/C21H26ClN3O2S2/c1-15(5-3-4-12-22)6-11-18-19(23)25-20(28-18)24-16-7-9-17(10-8-16)29(26)14-21(2)13-27-21/h3-5,7-10H,6,11-14,23H2,1-2H3,(H,24,25)/b4-3-,15-5-. The van der Waals surface area contributed by atoms with E-state index < -0.39 is 10.8 Å². The molecule has 0 spiro atoms. The van der Waals surface area contributed by atoms with Gasteiger partial charge in [-0.25, -0.2) is 4.98 Å². The molecule has 0 saturated carbocycles. The number of anilines is 3. The molecule has 1 aromatic heterocycles. The van der Waals surface area contributed by atoms with E-state index in [1.165, 1.54) is 5.57 Å². The third-order valence-electron chi connectivity index (χ3n) is 4.52. The molecule has 1 aliphatic heterocycles. The summed E-state index contributed by atoms with van der Waals surface area (Å²) in [4.78, 5) is 6.30. The molecule has 0 aliphatic carbocycles. The summed E-state index contributed by atoms with van der Waals surface area (Å²) in [5.74, 6) is 1.62. The number of nitrogen functional groups attached to an aromatic ring is 1. The van der Waals surface area contributed by atoms with Crippen molar-refractivity contribution in [2.24, 2.45) is 0 Å². The third-order valence-corrected chi connectivity index (χ3v) is 7.42. The highest BCUT2D eigenvalue weighted by Gasteiger charge is 2.41. The fourth-order valence-corrected chi connectivity index (χ4v) is 4.99. The lowest BCUT2D eigenvalue weighted by Gasteiger charge is -2.07. The Labute approximate surface area is 183 Å². The number of epoxide rings is 1. The minimum absolute atomic E-state index is 0.218. The van der Waals surface area contributed by atoms with Crippen molar-refractivity contribution in [1.82, 2.24) is 4.98 Å². The highest BCUT2D eigenvalue weighted by atomic mass is 35.5. The Morgan fingerprint density at radius 3 is 2.83 bits per heavy atom. The zero-order chi connectivity index (χ0) is 20.9. The van der Waals surface area contributed by atoms with Gasteiger partial charge in [0.2, 0.25) is 0 Å². The van der Waals surface area contributed by atoms with E-state index in [1.807, 2.05) is 43.3 Å². The first kappa shape index (κ1) is 22.0. The molecule has 5 nitrogen and oxygen atoms in total. The first-order chi connectivity index (χ1) is 13.9. The zero-order valence-electron chi connectivity index (χ0n) is 16.6. The van der Waals surface area contributed by atoms with Crippen molar-refractivity contribution in [3.63, 3.8) is 0 Å². The molecule has 8 heteroatoms. The number of halogens is 1. The van der Waals surface area contributed by atoms with Crippen LogP contribution in [0.25, 0.3) is 0 Å². The minimum Gasteiger partial charge on any atom is -0.383 e. The van der Waals surface area contributed by atoms with Gasteiger partial charge in [-0.2, -0.15) is 0 Å². The maximum atomic E-state index is 12.4. The number of alkyl halides is 1. The molecule has 0 bridgehead atoms. The summed E-state index contributed by atoms with van der Waals surface area (Å²) in [5.41, 5.74) is 8.03. The summed E-state index contributed by atoms with van der Waals surface area (Å²) in [5, 5.41) is 4.04. The quantitative estimate of drug-likeness (QED) is 0.300. The second-order valence-corrected chi connectivity index (χ2v) is 10.1. The van der Waals surface area contributed by atoms with Crippen LogP contribution in [0.4, 0.5) is 16.6 Å². The second kappa shape index (κ2) is 9.89. The van der Waals surface area contributed by atoms with E-state index in [2.05, 4.69) is 23.3 Å². The number of benzene rings is 1. The summed E-state index contributed by atoms with van der Waals surface area (Å²) in [6, 6.07) is 7.59. The molecule has 1 aromatic carbocycles. The third kappa shape index (κ3) is 6.67. The fourth-order valence-electron chi connectivity index (χ4n) is 2.65. The molecular weight excluding hydrogens is 426 g/mol. The number of rotatable bonds is 10. The van der Waals surface area contributed by atoms with E-state index in [0.29, 0.717) is 24.1 Å². The molecule has 3 rings (SSSR count). The van der Waals surface area contributed by atoms with Crippen molar-refractivity contribution in [1.29, 1.82) is 0 Å². The maximum Gasteiger partial charge on any atom is 0.189 e. The van der Waals surface area contributed by atoms with Crippen molar-refractivity contribution >= 4 is 50.4 Å². The molecule has 0 amide bonds. The molecule has 2 aromatic rings. The first-order valence-corrected chi connectivity index (χ1v) is 12.1. The number of nitrogens with zero attached hydrogens (tertiary/aromatic N) is 1. The van der Waals surface area contributed by atoms with Crippen LogP contribution in [0.2, 0.25) is 0 Å². The summed E-state index contributed by atoms with van der Waals surface area (Å²) < 4.78 is 17.7. The van der Waals surface area contributed by atoms with Gasteiger partial charge in [0, 0.05) is 16.5 Å². The van der Waals surface area contributed by atoms with Crippen LogP contribution >= 0.6 is 22.9 Å². The minimum atomic E-state index is -1.06. The molecule has 0 radical (unpaired) electrons. The van der Waals surface area contributed by atoms with Gasteiger partial charge in [0.05, 0.1) is 28.0 Å². The number of aromatic nitrogens is 1. The van der Waals surface area contributed by atoms with Gasteiger partial charge >= 0.3 is 0 Å². The van der Waals surface area contributed by atoms with Gasteiger partial charge in [-0.15, -0.1) is 11.6 Å². The summed E-state index contributed by atoms with van der Waals surface area (Å²) in [6.45, 7) is 4.76. The lowest BCUT2D eigenvalue weighted by Crippen LogP contribution is -2.16. The van der Waals surface area contributed by atoms with Crippen molar-refractivity contribution in [3.8, 4) is 0 Å². The van der Waals surface area contributed by atoms with E-state index in [0.717, 1.165) is 33.4 Å². The predicted molar refractivity (Wildman–Crippen MR) is 124 cm³/mol. The number of allylic oxidation sites excluding steroid dienone is 4. The number of nitrogens with one attached hydrogen (secondary N) is 1. The Morgan fingerprint density at radius 2 is 2.17 bits per heavy atom. The molecule has 29 heavy (non-hydrogen) atoms. The van der Waals surface area contributed by atoms with E-state index in [9.17, 15) is 4.21 Å². The number of thiazole rings is 1. The van der Waals surface area contributed by atoms with Crippen LogP contribution in [0.3, 0.4) is 0 Å². The maximum absolute atomic E-state index is 12.4. The Hall–Kier alpha value is -1.67. The number of hydrogen-bond donors (Lipinski definition) is 2. The van der Waals surface area contributed by atoms with Crippen molar-refractivity contribution < 1.29 is 8.95 Å². The SMILES string of the molecule is C/C(=C/C=C\CCl)CCc1sc(Nc2ccc(S(=O)CC3(C)CO3)cc2)nc1N. The van der Waals surface area contributed by atoms with Gasteiger partial charge in [-0.05, 0) is 51.0 Å². The van der Waals surface area contributed by atoms with Gasteiger partial charge in [-0.3, -0.25) is 4.21 Å². The number of hydrogen-bond acceptors (Lipinski definition) is 6. The second-order valence-electron chi connectivity index (χ2n) is 7.30. The van der Waals surface area contributed by atoms with Gasteiger partial charge < -0.3 is 15.8 Å². The van der Waals surface area contributed by atoms with Crippen molar-refractivity contribution in [2.45, 2.75) is 37.2 Å². The van der Waals surface area contributed by atoms with Crippen molar-refractivity contribution in [2.75, 3.05) is 29.3 Å². The van der Waals surface area contributed by atoms with E-state index in [1.54, 1.807) is 11.3 Å². The van der Waals surface area contributed by atoms with Gasteiger partial charge in [0.1, 0.15) is 11.4 Å².